The maximum absolute atomic E-state index is 11.2. The Morgan fingerprint density at radius 2 is 0.221 bits per heavy atom. The van der Waals surface area contributed by atoms with Crippen molar-refractivity contribution in [1.82, 2.24) is 31.9 Å². The van der Waals surface area contributed by atoms with Gasteiger partial charge in [-0.15, -0.1) is 0 Å². The lowest BCUT2D eigenvalue weighted by Gasteiger charge is -2.37. The first-order valence-electron chi connectivity index (χ1n) is 19.6. The predicted molar refractivity (Wildman–Crippen MR) is 283 cm³/mol. The average Bonchev–Trinajstić information content (AvgIpc) is 3.08. The fraction of sp³-hybridized carbons (Fsp3) is 1.00. The summed E-state index contributed by atoms with van der Waals surface area (Å²) < 4.78 is 179. The summed E-state index contributed by atoms with van der Waals surface area (Å²) >= 11 is 0. The molecule has 0 fully saturated rings. The van der Waals surface area contributed by atoms with Gasteiger partial charge in [-0.2, -0.15) is 0 Å². The molecule has 528 valence electrons. The summed E-state index contributed by atoms with van der Waals surface area (Å²) in [5.41, 5.74) is -24.8. The van der Waals surface area contributed by atoms with Gasteiger partial charge < -0.3 is 169 Å². The van der Waals surface area contributed by atoms with Crippen LogP contribution in [0, 0.1) is 0 Å². The molecule has 0 aliphatic carbocycles. The van der Waals surface area contributed by atoms with Crippen LogP contribution >= 0.6 is 122 Å². The van der Waals surface area contributed by atoms with Crippen LogP contribution in [0.15, 0.2) is 0 Å². The van der Waals surface area contributed by atoms with Gasteiger partial charge in [0.25, 0.3) is 0 Å². The van der Waals surface area contributed by atoms with E-state index in [0.29, 0.717) is 0 Å². The van der Waals surface area contributed by atoms with Crippen LogP contribution < -0.4 is 12.3 Å². The van der Waals surface area contributed by atoms with Crippen molar-refractivity contribution < 1.29 is 230 Å². The zero-order chi connectivity index (χ0) is 69.8. The molecule has 0 aromatic heterocycles. The molecule has 0 rings (SSSR count). The Bertz CT molecular complexity index is 2240. The molecule has 0 spiro atoms. The second-order valence-corrected chi connectivity index (χ2v) is 45.5. The van der Waals surface area contributed by atoms with E-state index in [1.165, 1.54) is 0 Å². The van der Waals surface area contributed by atoms with Crippen molar-refractivity contribution in [3.8, 4) is 0 Å². The normalized spacial score (nSPS) is 14.9. The van der Waals surface area contributed by atoms with E-state index in [-0.39, 0.29) is 31.9 Å². The van der Waals surface area contributed by atoms with Crippen LogP contribution in [0.5, 0.6) is 0 Å². The summed E-state index contributed by atoms with van der Waals surface area (Å²) in [5.74, 6) is 0. The van der Waals surface area contributed by atoms with E-state index in [2.05, 4.69) is 0 Å². The Labute approximate surface area is 479 Å². The van der Waals surface area contributed by atoms with Gasteiger partial charge in [-0.3, -0.25) is 92.6 Å². The summed E-state index contributed by atoms with van der Waals surface area (Å²) in [6.45, 7) is 0.383. The van der Waals surface area contributed by atoms with Crippen molar-refractivity contribution in [1.29, 1.82) is 0 Å². The molecule has 0 aromatic rings. The number of hydrogen-bond donors (Lipinski definition) is 34. The summed E-state index contributed by atoms with van der Waals surface area (Å²) in [5, 5.41) is 0. The van der Waals surface area contributed by atoms with E-state index in [1.54, 1.807) is 0 Å². The highest BCUT2D eigenvalue weighted by Gasteiger charge is 2.62. The molecule has 54 nitrogen and oxygen atoms in total. The maximum Gasteiger partial charge on any atom is 0.355 e. The van der Waals surface area contributed by atoms with E-state index in [0.717, 1.165) is 27.7 Å². The van der Waals surface area contributed by atoms with Gasteiger partial charge in [0.15, 0.2) is 0 Å². The van der Waals surface area contributed by atoms with Gasteiger partial charge in [0.1, 0.15) is 0 Å². The minimum absolute atomic E-state index is 0. The molecule has 0 aromatic carbocycles. The van der Waals surface area contributed by atoms with Crippen molar-refractivity contribution in [2.24, 2.45) is 0 Å². The van der Waals surface area contributed by atoms with Gasteiger partial charge in [0, 0.05) is 0 Å². The molecule has 86 heavy (non-hydrogen) atoms. The Kier molecular flexibility index (Phi) is 39.1. The van der Waals surface area contributed by atoms with Crippen molar-refractivity contribution in [2.45, 2.75) is 71.9 Å². The molecule has 0 heterocycles. The fourth-order valence-corrected chi connectivity index (χ4v) is 31.6. The lowest BCUT2D eigenvalue weighted by atomic mass is 10.7. The molecular weight excluding hydrogens is 1540 g/mol. The molecule has 0 aliphatic rings. The third kappa shape index (κ3) is 32.7. The van der Waals surface area contributed by atoms with Crippen LogP contribution in [0.1, 0.15) is 27.7 Å². The summed E-state index contributed by atoms with van der Waals surface area (Å²) in [6, 6.07) is 0. The highest BCUT2D eigenvalue weighted by atomic mass is 31.3. The van der Waals surface area contributed by atoms with Crippen LogP contribution in [-0.2, 0) is 73.0 Å². The molecule has 0 bridgehead atoms. The van der Waals surface area contributed by atoms with Crippen LogP contribution in [0.4, 0.5) is 0 Å². The van der Waals surface area contributed by atoms with Crippen molar-refractivity contribution in [2.75, 3.05) is 26.2 Å². The van der Waals surface area contributed by atoms with Gasteiger partial charge in [-0.1, -0.05) is 27.7 Å². The third-order valence-electron chi connectivity index (χ3n) is 8.65. The van der Waals surface area contributed by atoms with Crippen LogP contribution in [-0.4, -0.2) is 247 Å². The van der Waals surface area contributed by atoms with E-state index < -0.39 is 192 Å². The van der Waals surface area contributed by atoms with Gasteiger partial charge in [-0.05, 0) is 26.2 Å². The Balaban J connectivity index is -0.000000246. The first kappa shape index (κ1) is 99.2. The SMILES string of the molecule is CCN(C(P(=O)(O)O)P(=O)(O)O)C(P(=O)(O)O)P(=O)(O)O.CCN(C(P(=O)(O)O)P(=O)(O)O)C(P(=O)(O)O)P(=O)(O)O.CCN(C(P(=O)(O)O)P(=O)(O)O)C(P(=O)(O)O)P(=O)(O)O.CCN(C(P(=O)(O)O)P(=O)(O)O)C(P(=O)(O)O)P(=O)(O)O.N.N. The molecule has 0 amide bonds. The van der Waals surface area contributed by atoms with Crippen LogP contribution in [0.25, 0.3) is 0 Å². The van der Waals surface area contributed by atoms with Gasteiger partial charge in [0.05, 0.1) is 0 Å². The summed E-state index contributed by atoms with van der Waals surface area (Å²) in [7, 11) is -91.0. The highest BCUT2D eigenvalue weighted by Crippen LogP contribution is 2.73. The topological polar surface area (TPSA) is 1000 Å². The molecule has 0 saturated heterocycles. The molecule has 0 radical (unpaired) electrons. The Morgan fingerprint density at radius 3 is 0.244 bits per heavy atom. The number of hydrogen-bond acceptors (Lipinski definition) is 22. The van der Waals surface area contributed by atoms with Crippen LogP contribution in [0.3, 0.4) is 0 Å². The van der Waals surface area contributed by atoms with Gasteiger partial charge >= 0.3 is 122 Å². The van der Waals surface area contributed by atoms with E-state index >= 15 is 0 Å². The zero-order valence-corrected chi connectivity index (χ0v) is 57.0. The Morgan fingerprint density at radius 1 is 0.174 bits per heavy atom. The molecule has 0 atom stereocenters. The van der Waals surface area contributed by atoms with Crippen molar-refractivity contribution >= 4 is 122 Å². The predicted octanol–water partition coefficient (Wildman–Crippen LogP) is -5.33. The minimum Gasteiger partial charge on any atom is -0.344 e. The molecule has 70 heteroatoms. The van der Waals surface area contributed by atoms with Crippen molar-refractivity contribution in [3.63, 3.8) is 0 Å². The van der Waals surface area contributed by atoms with E-state index in [9.17, 15) is 73.0 Å². The summed E-state index contributed by atoms with van der Waals surface area (Å²) in [6.07, 6.45) is 0. The molecular formula is C16H66N6O48P16. The lowest BCUT2D eigenvalue weighted by Crippen LogP contribution is -2.42. The first-order valence-corrected chi connectivity index (χ1v) is 46.5. The maximum atomic E-state index is 11.2. The summed E-state index contributed by atoms with van der Waals surface area (Å²) in [4.78, 5) is 286. The molecule has 0 saturated carbocycles. The fourth-order valence-electron chi connectivity index (χ4n) is 6.44. The van der Waals surface area contributed by atoms with Gasteiger partial charge in [-0.25, -0.2) is 0 Å². The quantitative estimate of drug-likeness (QED) is 0.0325. The first-order chi connectivity index (χ1) is 35.7. The standard InChI is InChI=1S/4C4H15NO12P4.2H3N/c4*1-2-5(3(18(6,7)8)19(9,10)11)4(20(12,13)14)21(15,16)17;;/h4*3-4H,2H2,1H3,(H2,6,7,8)(H2,9,10,11)(H2,12,13,14)(H2,15,16,17);2*1H3. The van der Waals surface area contributed by atoms with E-state index in [4.69, 9.17) is 157 Å². The second-order valence-electron chi connectivity index (χ2n) is 15.5. The molecule has 0 unspecified atom stereocenters. The Hall–Kier alpha value is 2.16. The second kappa shape index (κ2) is 33.9. The monoisotopic (exact) mass is 1610 g/mol. The van der Waals surface area contributed by atoms with Crippen molar-refractivity contribution in [3.05, 3.63) is 0 Å². The minimum atomic E-state index is -5.69. The number of rotatable bonds is 28. The van der Waals surface area contributed by atoms with Crippen LogP contribution in [0.2, 0.25) is 0 Å². The van der Waals surface area contributed by atoms with E-state index in [1.807, 2.05) is 0 Å². The molecule has 38 N–H and O–H groups in total. The third-order valence-corrected chi connectivity index (χ3v) is 37.5. The largest absolute Gasteiger partial charge is 0.355 e. The smallest absolute Gasteiger partial charge is 0.344 e. The van der Waals surface area contributed by atoms with Gasteiger partial charge in [0.2, 0.25) is 44.2 Å². The number of nitrogens with zero attached hydrogens (tertiary/aromatic N) is 4. The zero-order valence-electron chi connectivity index (χ0n) is 42.6. The molecule has 0 aliphatic heterocycles. The lowest BCUT2D eigenvalue weighted by molar-refractivity contribution is 0.203. The average molecular weight is 1610 g/mol. The highest BCUT2D eigenvalue weighted by molar-refractivity contribution is 7.75.